The minimum Gasteiger partial charge on any atom is -0.606 e. The van der Waals surface area contributed by atoms with Gasteiger partial charge in [-0.1, -0.05) is 48.5 Å². The third-order valence-electron chi connectivity index (χ3n) is 5.77. The first-order valence-corrected chi connectivity index (χ1v) is 11.4. The van der Waals surface area contributed by atoms with Crippen molar-refractivity contribution in [1.29, 1.82) is 0 Å². The third-order valence-corrected chi connectivity index (χ3v) is 7.25. The quantitative estimate of drug-likeness (QED) is 0.552. The van der Waals surface area contributed by atoms with E-state index in [0.717, 1.165) is 40.7 Å². The third kappa shape index (κ3) is 4.06. The highest BCUT2D eigenvalue weighted by Gasteiger charge is 2.34. The Hall–Kier alpha value is -2.27. The van der Waals surface area contributed by atoms with E-state index in [0.29, 0.717) is 6.04 Å². The van der Waals surface area contributed by atoms with Gasteiger partial charge in [-0.2, -0.15) is 0 Å². The van der Waals surface area contributed by atoms with E-state index in [1.807, 2.05) is 30.3 Å². The Morgan fingerprint density at radius 2 is 1.66 bits per heavy atom. The zero-order valence-corrected chi connectivity index (χ0v) is 18.1. The maximum Gasteiger partial charge on any atom is 0.182 e. The molecule has 4 heteroatoms. The molecular weight excluding hydrogens is 376 g/mol. The van der Waals surface area contributed by atoms with Gasteiger partial charge in [-0.05, 0) is 62.1 Å². The maximum absolute atomic E-state index is 13.2. The van der Waals surface area contributed by atoms with Gasteiger partial charge in [-0.3, -0.25) is 0 Å². The standard InChI is InChI=1S/C25H28N2OS/c1-18-13-14-24-25(20(18)3)27(22-11-7-8-12-23(22)29(24)28)16-15-19(2)26-17-21-9-5-4-6-10-21/h4-14,19,26H,15-17H2,1-3H3. The van der Waals surface area contributed by atoms with Crippen LogP contribution in [0.25, 0.3) is 0 Å². The van der Waals surface area contributed by atoms with E-state index in [9.17, 15) is 4.55 Å². The molecule has 0 fully saturated rings. The minimum absolute atomic E-state index is 0.378. The molecule has 2 atom stereocenters. The molecule has 0 bridgehead atoms. The van der Waals surface area contributed by atoms with E-state index in [1.54, 1.807) is 0 Å². The predicted molar refractivity (Wildman–Crippen MR) is 121 cm³/mol. The summed E-state index contributed by atoms with van der Waals surface area (Å²) < 4.78 is 13.2. The van der Waals surface area contributed by atoms with Crippen molar-refractivity contribution in [3.05, 3.63) is 83.4 Å². The van der Waals surface area contributed by atoms with E-state index in [-0.39, 0.29) is 0 Å². The highest BCUT2D eigenvalue weighted by atomic mass is 32.2. The van der Waals surface area contributed by atoms with E-state index >= 15 is 0 Å². The van der Waals surface area contributed by atoms with Gasteiger partial charge in [0.1, 0.15) is 5.69 Å². The van der Waals surface area contributed by atoms with Gasteiger partial charge in [-0.15, -0.1) is 0 Å². The van der Waals surface area contributed by atoms with Crippen LogP contribution in [0.2, 0.25) is 0 Å². The Kier molecular flexibility index (Phi) is 5.95. The highest BCUT2D eigenvalue weighted by Crippen LogP contribution is 2.46. The van der Waals surface area contributed by atoms with Crippen molar-refractivity contribution in [2.75, 3.05) is 11.4 Å². The normalized spacial score (nSPS) is 16.3. The summed E-state index contributed by atoms with van der Waals surface area (Å²) in [6, 6.07) is 23.1. The zero-order chi connectivity index (χ0) is 20.4. The van der Waals surface area contributed by atoms with Crippen molar-refractivity contribution >= 4 is 22.6 Å². The van der Waals surface area contributed by atoms with Gasteiger partial charge in [0.05, 0.1) is 5.69 Å². The molecule has 150 valence electrons. The molecule has 3 aromatic rings. The first-order chi connectivity index (χ1) is 14.1. The van der Waals surface area contributed by atoms with Crippen LogP contribution in [-0.2, 0) is 17.7 Å². The van der Waals surface area contributed by atoms with E-state index in [4.69, 9.17) is 0 Å². The second-order valence-electron chi connectivity index (χ2n) is 7.80. The van der Waals surface area contributed by atoms with Gasteiger partial charge in [0.15, 0.2) is 9.79 Å². The molecule has 29 heavy (non-hydrogen) atoms. The Morgan fingerprint density at radius 1 is 0.931 bits per heavy atom. The first kappa shape index (κ1) is 20.0. The highest BCUT2D eigenvalue weighted by molar-refractivity contribution is 7.92. The number of rotatable bonds is 6. The number of hydrogen-bond acceptors (Lipinski definition) is 3. The molecule has 0 radical (unpaired) electrons. The molecule has 1 aliphatic rings. The average molecular weight is 405 g/mol. The maximum atomic E-state index is 13.2. The summed E-state index contributed by atoms with van der Waals surface area (Å²) in [5.74, 6) is 0. The summed E-state index contributed by atoms with van der Waals surface area (Å²) in [7, 11) is 0. The molecule has 0 aliphatic carbocycles. The van der Waals surface area contributed by atoms with E-state index in [1.165, 1.54) is 16.7 Å². The van der Waals surface area contributed by atoms with Crippen LogP contribution in [0.15, 0.2) is 76.5 Å². The second kappa shape index (κ2) is 8.62. The fraction of sp³-hybridized carbons (Fsp3) is 0.280. The van der Waals surface area contributed by atoms with Crippen LogP contribution >= 0.6 is 0 Å². The van der Waals surface area contributed by atoms with Gasteiger partial charge in [0.2, 0.25) is 0 Å². The van der Waals surface area contributed by atoms with Gasteiger partial charge >= 0.3 is 0 Å². The molecule has 4 rings (SSSR count). The van der Waals surface area contributed by atoms with Gasteiger partial charge in [0.25, 0.3) is 0 Å². The lowest BCUT2D eigenvalue weighted by Gasteiger charge is -2.35. The van der Waals surface area contributed by atoms with Crippen molar-refractivity contribution in [1.82, 2.24) is 5.32 Å². The molecule has 0 spiro atoms. The first-order valence-electron chi connectivity index (χ1n) is 10.2. The molecule has 0 aromatic heterocycles. The smallest absolute Gasteiger partial charge is 0.182 e. The Bertz CT molecular complexity index is 989. The largest absolute Gasteiger partial charge is 0.606 e. The topological polar surface area (TPSA) is 38.3 Å². The van der Waals surface area contributed by atoms with Crippen LogP contribution in [0.5, 0.6) is 0 Å². The molecule has 3 nitrogen and oxygen atoms in total. The number of para-hydroxylation sites is 1. The summed E-state index contributed by atoms with van der Waals surface area (Å²) in [5, 5.41) is 3.63. The molecular formula is C25H28N2OS. The van der Waals surface area contributed by atoms with Crippen LogP contribution in [0.3, 0.4) is 0 Å². The van der Waals surface area contributed by atoms with Crippen molar-refractivity contribution in [2.45, 2.75) is 49.6 Å². The van der Waals surface area contributed by atoms with Crippen LogP contribution in [0, 0.1) is 13.8 Å². The number of fused-ring (bicyclic) bond motifs is 2. The molecule has 0 amide bonds. The summed E-state index contributed by atoms with van der Waals surface area (Å²) in [5.41, 5.74) is 5.95. The Balaban J connectivity index is 1.55. The summed E-state index contributed by atoms with van der Waals surface area (Å²) in [6.07, 6.45) is 1.00. The summed E-state index contributed by atoms with van der Waals surface area (Å²) in [6.45, 7) is 8.26. The number of anilines is 2. The van der Waals surface area contributed by atoms with Crippen LogP contribution < -0.4 is 10.2 Å². The van der Waals surface area contributed by atoms with Crippen LogP contribution in [0.1, 0.15) is 30.0 Å². The van der Waals surface area contributed by atoms with Crippen LogP contribution in [0.4, 0.5) is 11.4 Å². The molecule has 0 saturated carbocycles. The van der Waals surface area contributed by atoms with Gasteiger partial charge < -0.3 is 14.8 Å². The fourth-order valence-electron chi connectivity index (χ4n) is 3.88. The lowest BCUT2D eigenvalue weighted by atomic mass is 10.1. The summed E-state index contributed by atoms with van der Waals surface area (Å²) >= 11 is -1.13. The van der Waals surface area contributed by atoms with Crippen molar-refractivity contribution in [3.63, 3.8) is 0 Å². The zero-order valence-electron chi connectivity index (χ0n) is 17.3. The molecule has 2 unspecified atom stereocenters. The Labute approximate surface area is 176 Å². The lowest BCUT2D eigenvalue weighted by molar-refractivity contribution is 0.516. The lowest BCUT2D eigenvalue weighted by Crippen LogP contribution is -2.33. The monoisotopic (exact) mass is 404 g/mol. The molecule has 3 aromatic carbocycles. The summed E-state index contributed by atoms with van der Waals surface area (Å²) in [4.78, 5) is 4.21. The number of aryl methyl sites for hydroxylation is 1. The Morgan fingerprint density at radius 3 is 2.45 bits per heavy atom. The predicted octanol–water partition coefficient (Wildman–Crippen LogP) is 5.49. The number of benzene rings is 3. The molecule has 1 heterocycles. The number of nitrogens with one attached hydrogen (secondary N) is 1. The van der Waals surface area contributed by atoms with Gasteiger partial charge in [-0.25, -0.2) is 0 Å². The SMILES string of the molecule is Cc1ccc2c(c1C)N(CCC(C)NCc1ccccc1)c1ccccc1[S+]2[O-]. The minimum atomic E-state index is -1.13. The van der Waals surface area contributed by atoms with Crippen molar-refractivity contribution in [2.24, 2.45) is 0 Å². The van der Waals surface area contributed by atoms with Crippen LogP contribution in [-0.4, -0.2) is 17.1 Å². The number of nitrogens with zero attached hydrogens (tertiary/aromatic N) is 1. The molecule has 1 N–H and O–H groups in total. The van der Waals surface area contributed by atoms with Crippen molar-refractivity contribution < 1.29 is 4.55 Å². The van der Waals surface area contributed by atoms with E-state index in [2.05, 4.69) is 67.4 Å². The number of hydrogen-bond donors (Lipinski definition) is 1. The molecule has 1 aliphatic heterocycles. The molecule has 0 saturated heterocycles. The fourth-order valence-corrected chi connectivity index (χ4v) is 5.32. The average Bonchev–Trinajstić information content (AvgIpc) is 2.75. The second-order valence-corrected chi connectivity index (χ2v) is 9.22. The van der Waals surface area contributed by atoms with E-state index < -0.39 is 11.2 Å². The van der Waals surface area contributed by atoms with Crippen molar-refractivity contribution in [3.8, 4) is 0 Å². The van der Waals surface area contributed by atoms with Gasteiger partial charge in [0, 0.05) is 30.3 Å².